The fourth-order valence-electron chi connectivity index (χ4n) is 3.18. The number of aromatic nitrogens is 4. The minimum Gasteiger partial charge on any atom is -0.391 e. The third-order valence-electron chi connectivity index (χ3n) is 4.14. The van der Waals surface area contributed by atoms with E-state index in [4.69, 9.17) is 0 Å². The monoisotopic (exact) mass is 363 g/mol. The summed E-state index contributed by atoms with van der Waals surface area (Å²) in [5.74, 6) is 0.675. The Morgan fingerprint density at radius 1 is 1.50 bits per heavy atom. The first-order valence-corrected chi connectivity index (χ1v) is 7.80. The van der Waals surface area contributed by atoms with Crippen molar-refractivity contribution in [1.82, 2.24) is 24.3 Å². The molecule has 3 aromatic heterocycles. The van der Waals surface area contributed by atoms with Crippen LogP contribution in [0.25, 0.3) is 16.7 Å². The van der Waals surface area contributed by atoms with Gasteiger partial charge >= 0.3 is 0 Å². The Labute approximate surface area is 134 Å². The standard InChI is InChI=1S/C14H14BrN5O2/c1-7(21)19-6-8(22)4-10(19)14-18-12(15)11-5-17-13-9(20(11)14)2-3-16-13/h2-3,5,8,10,16,22H,4,6H2,1H3. The number of carbonyl (C=O) groups excluding carboxylic acids is 1. The Hall–Kier alpha value is -1.93. The van der Waals surface area contributed by atoms with Gasteiger partial charge in [0, 0.05) is 26.1 Å². The van der Waals surface area contributed by atoms with Crippen LogP contribution >= 0.6 is 15.9 Å². The van der Waals surface area contributed by atoms with Crippen LogP contribution in [0, 0.1) is 0 Å². The first-order valence-electron chi connectivity index (χ1n) is 7.01. The number of fused-ring (bicyclic) bond motifs is 3. The normalized spacial score (nSPS) is 22.0. The first kappa shape index (κ1) is 13.7. The second-order valence-corrected chi connectivity index (χ2v) is 6.28. The van der Waals surface area contributed by atoms with E-state index in [-0.39, 0.29) is 11.9 Å². The number of aliphatic hydroxyl groups is 1. The highest BCUT2D eigenvalue weighted by Crippen LogP contribution is 2.35. The quantitative estimate of drug-likeness (QED) is 0.687. The van der Waals surface area contributed by atoms with Gasteiger partial charge in [-0.1, -0.05) is 0 Å². The number of likely N-dealkylation sites (tertiary alicyclic amines) is 1. The van der Waals surface area contributed by atoms with Gasteiger partial charge in [0.1, 0.15) is 10.4 Å². The van der Waals surface area contributed by atoms with Crippen molar-refractivity contribution in [2.75, 3.05) is 6.54 Å². The molecule has 2 atom stereocenters. The molecule has 4 heterocycles. The first-order chi connectivity index (χ1) is 10.6. The van der Waals surface area contributed by atoms with E-state index >= 15 is 0 Å². The average molecular weight is 364 g/mol. The van der Waals surface area contributed by atoms with E-state index in [0.29, 0.717) is 17.6 Å². The smallest absolute Gasteiger partial charge is 0.220 e. The molecule has 4 rings (SSSR count). The van der Waals surface area contributed by atoms with Gasteiger partial charge in [-0.25, -0.2) is 9.97 Å². The predicted molar refractivity (Wildman–Crippen MR) is 83.3 cm³/mol. The van der Waals surface area contributed by atoms with Crippen molar-refractivity contribution in [3.63, 3.8) is 0 Å². The summed E-state index contributed by atoms with van der Waals surface area (Å²) in [6.45, 7) is 1.86. The molecule has 1 amide bonds. The molecule has 0 aliphatic carbocycles. The molecular formula is C14H14BrN5O2. The van der Waals surface area contributed by atoms with Gasteiger partial charge in [0.05, 0.1) is 29.4 Å². The second kappa shape index (κ2) is 4.79. The van der Waals surface area contributed by atoms with E-state index in [2.05, 4.69) is 30.9 Å². The molecule has 1 aliphatic heterocycles. The molecule has 0 bridgehead atoms. The number of halogens is 1. The molecule has 1 saturated heterocycles. The topological polar surface area (TPSA) is 86.5 Å². The van der Waals surface area contributed by atoms with Crippen LogP contribution in [0.1, 0.15) is 25.2 Å². The number of nitrogens with zero attached hydrogens (tertiary/aromatic N) is 4. The molecule has 3 aromatic rings. The van der Waals surface area contributed by atoms with Crippen molar-refractivity contribution in [2.24, 2.45) is 0 Å². The summed E-state index contributed by atoms with van der Waals surface area (Å²) in [5.41, 5.74) is 2.49. The van der Waals surface area contributed by atoms with Crippen LogP contribution in [0.5, 0.6) is 0 Å². The van der Waals surface area contributed by atoms with Crippen LogP contribution in [0.4, 0.5) is 0 Å². The Morgan fingerprint density at radius 2 is 2.32 bits per heavy atom. The highest BCUT2D eigenvalue weighted by molar-refractivity contribution is 9.10. The Bertz CT molecular complexity index is 886. The van der Waals surface area contributed by atoms with Crippen molar-refractivity contribution >= 4 is 38.5 Å². The molecule has 7 nitrogen and oxygen atoms in total. The summed E-state index contributed by atoms with van der Waals surface area (Å²) in [5, 5.41) is 9.97. The molecule has 0 aromatic carbocycles. The van der Waals surface area contributed by atoms with Gasteiger partial charge in [0.15, 0.2) is 5.65 Å². The van der Waals surface area contributed by atoms with Crippen molar-refractivity contribution in [3.8, 4) is 0 Å². The summed E-state index contributed by atoms with van der Waals surface area (Å²) in [7, 11) is 0. The zero-order chi connectivity index (χ0) is 15.4. The Balaban J connectivity index is 1.98. The van der Waals surface area contributed by atoms with Gasteiger partial charge in [-0.05, 0) is 22.0 Å². The fourth-order valence-corrected chi connectivity index (χ4v) is 3.64. The third-order valence-corrected chi connectivity index (χ3v) is 4.72. The van der Waals surface area contributed by atoms with Crippen molar-refractivity contribution in [3.05, 3.63) is 28.9 Å². The van der Waals surface area contributed by atoms with E-state index < -0.39 is 6.10 Å². The number of H-pyrrole nitrogens is 1. The summed E-state index contributed by atoms with van der Waals surface area (Å²) in [4.78, 5) is 25.6. The van der Waals surface area contributed by atoms with Crippen molar-refractivity contribution in [1.29, 1.82) is 0 Å². The molecule has 0 radical (unpaired) electrons. The van der Waals surface area contributed by atoms with Gasteiger partial charge in [-0.3, -0.25) is 9.20 Å². The van der Waals surface area contributed by atoms with Crippen LogP contribution in [0.3, 0.4) is 0 Å². The highest BCUT2D eigenvalue weighted by atomic mass is 79.9. The molecule has 2 N–H and O–H groups in total. The second-order valence-electron chi connectivity index (χ2n) is 5.53. The van der Waals surface area contributed by atoms with E-state index in [1.165, 1.54) is 6.92 Å². The van der Waals surface area contributed by atoms with Gasteiger partial charge in [0.25, 0.3) is 0 Å². The average Bonchev–Trinajstić information content (AvgIpc) is 3.15. The molecule has 1 aliphatic rings. The van der Waals surface area contributed by atoms with Crippen LogP contribution in [0.15, 0.2) is 23.1 Å². The van der Waals surface area contributed by atoms with Crippen LogP contribution < -0.4 is 0 Å². The molecule has 0 saturated carbocycles. The number of carbonyl (C=O) groups is 1. The minimum absolute atomic E-state index is 0.0613. The lowest BCUT2D eigenvalue weighted by atomic mass is 10.2. The Kier molecular flexibility index (Phi) is 2.98. The van der Waals surface area contributed by atoms with E-state index in [1.54, 1.807) is 11.1 Å². The molecule has 0 spiro atoms. The van der Waals surface area contributed by atoms with Crippen LogP contribution in [-0.4, -0.2) is 47.9 Å². The third kappa shape index (κ3) is 1.87. The lowest BCUT2D eigenvalue weighted by molar-refractivity contribution is -0.130. The number of aromatic amines is 1. The van der Waals surface area contributed by atoms with Gasteiger partial charge in [0.2, 0.25) is 5.91 Å². The van der Waals surface area contributed by atoms with Gasteiger partial charge < -0.3 is 15.0 Å². The zero-order valence-electron chi connectivity index (χ0n) is 11.8. The number of amides is 1. The molecule has 114 valence electrons. The predicted octanol–water partition coefficient (Wildman–Crippen LogP) is 1.63. The largest absolute Gasteiger partial charge is 0.391 e. The Morgan fingerprint density at radius 3 is 3.09 bits per heavy atom. The van der Waals surface area contributed by atoms with E-state index in [0.717, 1.165) is 22.5 Å². The lowest BCUT2D eigenvalue weighted by Crippen LogP contribution is -2.30. The lowest BCUT2D eigenvalue weighted by Gasteiger charge is -2.22. The van der Waals surface area contributed by atoms with Crippen molar-refractivity contribution < 1.29 is 9.90 Å². The SMILES string of the molecule is CC(=O)N1CC(O)CC1c1nc(Br)c2cnc3[nH]ccc3n12. The van der Waals surface area contributed by atoms with E-state index in [9.17, 15) is 9.90 Å². The van der Waals surface area contributed by atoms with Crippen LogP contribution in [0.2, 0.25) is 0 Å². The number of rotatable bonds is 1. The maximum Gasteiger partial charge on any atom is 0.220 e. The summed E-state index contributed by atoms with van der Waals surface area (Å²) >= 11 is 3.46. The van der Waals surface area contributed by atoms with Gasteiger partial charge in [-0.15, -0.1) is 0 Å². The number of hydrogen-bond acceptors (Lipinski definition) is 4. The summed E-state index contributed by atoms with van der Waals surface area (Å²) in [6, 6.07) is 1.68. The van der Waals surface area contributed by atoms with E-state index in [1.807, 2.05) is 16.7 Å². The fraction of sp³-hybridized carbons (Fsp3) is 0.357. The molecule has 8 heteroatoms. The number of hydrogen-bond donors (Lipinski definition) is 2. The molecular weight excluding hydrogens is 350 g/mol. The zero-order valence-corrected chi connectivity index (χ0v) is 13.4. The molecule has 2 unspecified atom stereocenters. The molecule has 22 heavy (non-hydrogen) atoms. The highest BCUT2D eigenvalue weighted by Gasteiger charge is 2.37. The number of imidazole rings is 1. The minimum atomic E-state index is -0.524. The van der Waals surface area contributed by atoms with Gasteiger partial charge in [-0.2, -0.15) is 0 Å². The maximum absolute atomic E-state index is 11.9. The van der Waals surface area contributed by atoms with Crippen LogP contribution in [-0.2, 0) is 4.79 Å². The summed E-state index contributed by atoms with van der Waals surface area (Å²) in [6.07, 6.45) is 3.52. The summed E-state index contributed by atoms with van der Waals surface area (Å²) < 4.78 is 2.67. The number of aliphatic hydroxyl groups excluding tert-OH is 1. The maximum atomic E-state index is 11.9. The van der Waals surface area contributed by atoms with Crippen molar-refractivity contribution in [2.45, 2.75) is 25.5 Å². The molecule has 1 fully saturated rings. The number of nitrogens with one attached hydrogen (secondary N) is 1. The number of β-amino-alcohol motifs (C(OH)–C–C–N with tert-alkyl or cyclic N) is 1.